The highest BCUT2D eigenvalue weighted by atomic mass is 16.5. The van der Waals surface area contributed by atoms with Crippen molar-refractivity contribution < 1.29 is 9.32 Å². The van der Waals surface area contributed by atoms with Crippen LogP contribution in [0, 0.1) is 0 Å². The van der Waals surface area contributed by atoms with Gasteiger partial charge in [-0.05, 0) is 31.2 Å². The molecular weight excluding hydrogens is 356 g/mol. The minimum absolute atomic E-state index is 0.0134. The zero-order valence-electron chi connectivity index (χ0n) is 15.6. The molecule has 8 nitrogen and oxygen atoms in total. The van der Waals surface area contributed by atoms with Gasteiger partial charge in [-0.25, -0.2) is 4.79 Å². The van der Waals surface area contributed by atoms with Gasteiger partial charge in [0.2, 0.25) is 11.7 Å². The standard InChI is InChI=1S/C20H22N6O2/c1-26-13-16(23-20(27)22-11-14-6-3-2-4-7-14)10-17(26)19-24-18(25-28-19)15-8-5-9-21-12-15/h2-9,12,16-17H,10-11,13H2,1H3,(H2,22,23,27). The smallest absolute Gasteiger partial charge is 0.315 e. The van der Waals surface area contributed by atoms with Crippen LogP contribution < -0.4 is 10.6 Å². The van der Waals surface area contributed by atoms with E-state index in [0.29, 0.717) is 31.2 Å². The lowest BCUT2D eigenvalue weighted by molar-refractivity contribution is 0.236. The number of likely N-dealkylation sites (N-methyl/N-ethyl adjacent to an activating group) is 1. The van der Waals surface area contributed by atoms with Crippen LogP contribution in [-0.2, 0) is 6.54 Å². The van der Waals surface area contributed by atoms with E-state index in [-0.39, 0.29) is 18.1 Å². The van der Waals surface area contributed by atoms with Crippen LogP contribution in [0.2, 0.25) is 0 Å². The summed E-state index contributed by atoms with van der Waals surface area (Å²) < 4.78 is 5.47. The monoisotopic (exact) mass is 378 g/mol. The van der Waals surface area contributed by atoms with Crippen molar-refractivity contribution >= 4 is 6.03 Å². The molecule has 1 saturated heterocycles. The number of amides is 2. The van der Waals surface area contributed by atoms with E-state index >= 15 is 0 Å². The summed E-state index contributed by atoms with van der Waals surface area (Å²) in [6, 6.07) is 13.4. The molecule has 0 saturated carbocycles. The van der Waals surface area contributed by atoms with Gasteiger partial charge in [0.15, 0.2) is 0 Å². The average Bonchev–Trinajstić information content (AvgIpc) is 3.34. The molecular formula is C20H22N6O2. The molecule has 1 aliphatic rings. The van der Waals surface area contributed by atoms with Gasteiger partial charge < -0.3 is 15.2 Å². The van der Waals surface area contributed by atoms with Crippen molar-refractivity contribution in [3.63, 3.8) is 0 Å². The summed E-state index contributed by atoms with van der Waals surface area (Å²) in [5.41, 5.74) is 1.88. The number of likely N-dealkylation sites (tertiary alicyclic amines) is 1. The molecule has 4 rings (SSSR count). The van der Waals surface area contributed by atoms with Crippen molar-refractivity contribution in [1.29, 1.82) is 0 Å². The molecule has 1 fully saturated rings. The van der Waals surface area contributed by atoms with Gasteiger partial charge in [0.05, 0.1) is 6.04 Å². The zero-order valence-corrected chi connectivity index (χ0v) is 15.6. The van der Waals surface area contributed by atoms with Gasteiger partial charge >= 0.3 is 6.03 Å². The molecule has 2 unspecified atom stereocenters. The molecule has 1 aromatic carbocycles. The molecule has 3 aromatic rings. The third-order valence-corrected chi connectivity index (χ3v) is 4.83. The minimum atomic E-state index is -0.176. The molecule has 2 amide bonds. The Hall–Kier alpha value is -3.26. The van der Waals surface area contributed by atoms with Crippen LogP contribution >= 0.6 is 0 Å². The first-order valence-electron chi connectivity index (χ1n) is 9.21. The van der Waals surface area contributed by atoms with Gasteiger partial charge in [-0.3, -0.25) is 9.88 Å². The van der Waals surface area contributed by atoms with E-state index in [9.17, 15) is 4.79 Å². The van der Waals surface area contributed by atoms with E-state index in [1.807, 2.05) is 49.5 Å². The molecule has 3 heterocycles. The highest BCUT2D eigenvalue weighted by Crippen LogP contribution is 2.30. The molecule has 0 aliphatic carbocycles. The van der Waals surface area contributed by atoms with Crippen LogP contribution in [0.3, 0.4) is 0 Å². The summed E-state index contributed by atoms with van der Waals surface area (Å²) in [7, 11) is 1.99. The summed E-state index contributed by atoms with van der Waals surface area (Å²) >= 11 is 0. The summed E-state index contributed by atoms with van der Waals surface area (Å²) in [4.78, 5) is 22.9. The number of hydrogen-bond acceptors (Lipinski definition) is 6. The highest BCUT2D eigenvalue weighted by molar-refractivity contribution is 5.74. The quantitative estimate of drug-likeness (QED) is 0.708. The van der Waals surface area contributed by atoms with Crippen molar-refractivity contribution in [2.75, 3.05) is 13.6 Å². The second-order valence-corrected chi connectivity index (χ2v) is 6.90. The van der Waals surface area contributed by atoms with Crippen molar-refractivity contribution in [1.82, 2.24) is 30.7 Å². The molecule has 1 aliphatic heterocycles. The SMILES string of the molecule is CN1CC(NC(=O)NCc2ccccc2)CC1c1nc(-c2cccnc2)no1. The van der Waals surface area contributed by atoms with Crippen LogP contribution in [0.1, 0.15) is 23.9 Å². The number of carbonyl (C=O) groups is 1. The van der Waals surface area contributed by atoms with Gasteiger partial charge in [0.25, 0.3) is 0 Å². The molecule has 2 N–H and O–H groups in total. The van der Waals surface area contributed by atoms with Gasteiger partial charge in [-0.15, -0.1) is 0 Å². The number of benzene rings is 1. The lowest BCUT2D eigenvalue weighted by atomic mass is 10.1. The molecule has 8 heteroatoms. The maximum atomic E-state index is 12.2. The Morgan fingerprint density at radius 1 is 1.25 bits per heavy atom. The Morgan fingerprint density at radius 2 is 2.11 bits per heavy atom. The van der Waals surface area contributed by atoms with E-state index in [2.05, 4.69) is 30.7 Å². The molecule has 0 radical (unpaired) electrons. The number of aromatic nitrogens is 3. The van der Waals surface area contributed by atoms with Crippen molar-refractivity contribution in [3.8, 4) is 11.4 Å². The van der Waals surface area contributed by atoms with Crippen LogP contribution in [0.5, 0.6) is 0 Å². The maximum absolute atomic E-state index is 12.2. The predicted octanol–water partition coefficient (Wildman–Crippen LogP) is 2.38. The molecule has 144 valence electrons. The first-order valence-corrected chi connectivity index (χ1v) is 9.21. The number of nitrogens with zero attached hydrogens (tertiary/aromatic N) is 4. The average molecular weight is 378 g/mol. The topological polar surface area (TPSA) is 96.2 Å². The Labute approximate surface area is 163 Å². The largest absolute Gasteiger partial charge is 0.337 e. The van der Waals surface area contributed by atoms with Gasteiger partial charge in [-0.2, -0.15) is 4.98 Å². The third-order valence-electron chi connectivity index (χ3n) is 4.83. The normalized spacial score (nSPS) is 19.5. The van der Waals surface area contributed by atoms with Crippen molar-refractivity contribution in [2.24, 2.45) is 0 Å². The fourth-order valence-electron chi connectivity index (χ4n) is 3.39. The Morgan fingerprint density at radius 3 is 2.89 bits per heavy atom. The molecule has 0 spiro atoms. The molecule has 2 atom stereocenters. The first-order chi connectivity index (χ1) is 13.7. The second kappa shape index (κ2) is 8.18. The molecule has 0 bridgehead atoms. The van der Waals surface area contributed by atoms with Crippen LogP contribution in [-0.4, -0.2) is 45.7 Å². The van der Waals surface area contributed by atoms with Gasteiger partial charge in [0.1, 0.15) is 0 Å². The van der Waals surface area contributed by atoms with Crippen molar-refractivity contribution in [2.45, 2.75) is 25.0 Å². The Balaban J connectivity index is 1.33. The Kier molecular flexibility index (Phi) is 5.29. The molecule has 2 aromatic heterocycles. The van der Waals surface area contributed by atoms with E-state index < -0.39 is 0 Å². The summed E-state index contributed by atoms with van der Waals surface area (Å²) in [5, 5.41) is 9.98. The van der Waals surface area contributed by atoms with Crippen LogP contribution in [0.15, 0.2) is 59.4 Å². The number of carbonyl (C=O) groups excluding carboxylic acids is 1. The minimum Gasteiger partial charge on any atom is -0.337 e. The van der Waals surface area contributed by atoms with E-state index in [0.717, 1.165) is 11.1 Å². The fraction of sp³-hybridized carbons (Fsp3) is 0.300. The summed E-state index contributed by atoms with van der Waals surface area (Å²) in [5.74, 6) is 1.07. The van der Waals surface area contributed by atoms with Gasteiger partial charge in [0, 0.05) is 37.1 Å². The maximum Gasteiger partial charge on any atom is 0.315 e. The summed E-state index contributed by atoms with van der Waals surface area (Å²) in [6.45, 7) is 1.21. The highest BCUT2D eigenvalue weighted by Gasteiger charge is 2.35. The van der Waals surface area contributed by atoms with E-state index in [4.69, 9.17) is 4.52 Å². The zero-order chi connectivity index (χ0) is 19.3. The Bertz CT molecular complexity index is 915. The number of nitrogens with one attached hydrogen (secondary N) is 2. The number of urea groups is 1. The van der Waals surface area contributed by atoms with Crippen LogP contribution in [0.25, 0.3) is 11.4 Å². The molecule has 28 heavy (non-hydrogen) atoms. The second-order valence-electron chi connectivity index (χ2n) is 6.90. The van der Waals surface area contributed by atoms with Crippen LogP contribution in [0.4, 0.5) is 4.79 Å². The first kappa shape index (κ1) is 18.1. The van der Waals surface area contributed by atoms with E-state index in [1.165, 1.54) is 0 Å². The fourth-order valence-corrected chi connectivity index (χ4v) is 3.39. The number of hydrogen-bond donors (Lipinski definition) is 2. The number of rotatable bonds is 5. The van der Waals surface area contributed by atoms with Crippen molar-refractivity contribution in [3.05, 3.63) is 66.3 Å². The summed E-state index contributed by atoms with van der Waals surface area (Å²) in [6.07, 6.45) is 4.12. The number of pyridine rings is 1. The lowest BCUT2D eigenvalue weighted by Crippen LogP contribution is -2.42. The van der Waals surface area contributed by atoms with Gasteiger partial charge in [-0.1, -0.05) is 35.5 Å². The van der Waals surface area contributed by atoms with E-state index in [1.54, 1.807) is 12.4 Å². The predicted molar refractivity (Wildman–Crippen MR) is 103 cm³/mol. The third kappa shape index (κ3) is 4.17. The lowest BCUT2D eigenvalue weighted by Gasteiger charge is -2.14.